The van der Waals surface area contributed by atoms with Gasteiger partial charge in [0.05, 0.1) is 31.0 Å². The van der Waals surface area contributed by atoms with Crippen LogP contribution in [-0.2, 0) is 6.54 Å². The number of ether oxygens (including phenoxy) is 1. The van der Waals surface area contributed by atoms with Crippen molar-refractivity contribution in [1.29, 1.82) is 0 Å². The summed E-state index contributed by atoms with van der Waals surface area (Å²) < 4.78 is 12.9. The monoisotopic (exact) mass is 305 g/mol. The first-order valence-corrected chi connectivity index (χ1v) is 7.34. The minimum atomic E-state index is 0.586. The van der Waals surface area contributed by atoms with Crippen molar-refractivity contribution in [3.8, 4) is 17.0 Å². The second-order valence-electron chi connectivity index (χ2n) is 5.24. The van der Waals surface area contributed by atoms with E-state index in [0.29, 0.717) is 6.54 Å². The van der Waals surface area contributed by atoms with E-state index in [2.05, 4.69) is 10.1 Å². The third kappa shape index (κ3) is 2.46. The van der Waals surface area contributed by atoms with Gasteiger partial charge in [-0.05, 0) is 24.3 Å². The molecule has 0 saturated carbocycles. The predicted octanol–water partition coefficient (Wildman–Crippen LogP) is 3.75. The van der Waals surface area contributed by atoms with Crippen molar-refractivity contribution in [3.63, 3.8) is 0 Å². The average Bonchev–Trinajstić information content (AvgIpc) is 3.23. The highest BCUT2D eigenvalue weighted by atomic mass is 16.5. The van der Waals surface area contributed by atoms with Gasteiger partial charge in [0, 0.05) is 11.6 Å². The molecule has 5 heteroatoms. The van der Waals surface area contributed by atoms with Crippen LogP contribution in [0, 0.1) is 0 Å². The summed E-state index contributed by atoms with van der Waals surface area (Å²) in [5.41, 5.74) is 3.72. The first-order chi connectivity index (χ1) is 11.3. The zero-order valence-corrected chi connectivity index (χ0v) is 12.6. The number of methoxy groups -OCH3 is 1. The average molecular weight is 305 g/mol. The maximum atomic E-state index is 5.49. The predicted molar refractivity (Wildman–Crippen MR) is 87.3 cm³/mol. The molecule has 2 aromatic heterocycles. The van der Waals surface area contributed by atoms with Gasteiger partial charge in [0.2, 0.25) is 0 Å². The molecule has 4 rings (SSSR count). The Balaban J connectivity index is 1.66. The molecular weight excluding hydrogens is 290 g/mol. The van der Waals surface area contributed by atoms with Gasteiger partial charge in [-0.15, -0.1) is 0 Å². The van der Waals surface area contributed by atoms with Gasteiger partial charge < -0.3 is 13.8 Å². The molecule has 23 heavy (non-hydrogen) atoms. The Bertz CT molecular complexity index is 955. The molecule has 2 heterocycles. The summed E-state index contributed by atoms with van der Waals surface area (Å²) in [7, 11) is 1.65. The first-order valence-electron chi connectivity index (χ1n) is 7.34. The van der Waals surface area contributed by atoms with Crippen LogP contribution in [0.5, 0.6) is 5.75 Å². The number of aromatic nitrogens is 3. The van der Waals surface area contributed by atoms with Crippen molar-refractivity contribution in [1.82, 2.24) is 14.7 Å². The first kappa shape index (κ1) is 13.6. The zero-order valence-electron chi connectivity index (χ0n) is 12.6. The molecule has 0 aliphatic rings. The van der Waals surface area contributed by atoms with Gasteiger partial charge in [0.25, 0.3) is 0 Å². The smallest absolute Gasteiger partial charge is 0.157 e. The summed E-state index contributed by atoms with van der Waals surface area (Å²) in [6.45, 7) is 0.586. The van der Waals surface area contributed by atoms with E-state index in [9.17, 15) is 0 Å². The Kier molecular flexibility index (Phi) is 3.31. The Morgan fingerprint density at radius 3 is 2.83 bits per heavy atom. The minimum Gasteiger partial charge on any atom is -0.496 e. The molecule has 0 spiro atoms. The quantitative estimate of drug-likeness (QED) is 0.576. The molecule has 0 radical (unpaired) electrons. The Morgan fingerprint density at radius 1 is 1.09 bits per heavy atom. The summed E-state index contributed by atoms with van der Waals surface area (Å²) in [5, 5.41) is 4.17. The van der Waals surface area contributed by atoms with Gasteiger partial charge in [0.1, 0.15) is 11.4 Å². The van der Waals surface area contributed by atoms with E-state index in [4.69, 9.17) is 9.26 Å². The third-order valence-electron chi connectivity index (χ3n) is 3.80. The largest absolute Gasteiger partial charge is 0.496 e. The lowest BCUT2D eigenvalue weighted by Gasteiger charge is -2.03. The lowest BCUT2D eigenvalue weighted by Crippen LogP contribution is -1.96. The van der Waals surface area contributed by atoms with Crippen molar-refractivity contribution in [2.75, 3.05) is 7.11 Å². The molecule has 0 atom stereocenters. The SMILES string of the molecule is COc1ccccc1-c1cc(Cn2cnc3ccccc32)on1. The summed E-state index contributed by atoms with van der Waals surface area (Å²) in [5.74, 6) is 1.55. The fraction of sp³-hybridized carbons (Fsp3) is 0.111. The fourth-order valence-electron chi connectivity index (χ4n) is 2.67. The van der Waals surface area contributed by atoms with Crippen LogP contribution in [0.4, 0.5) is 0 Å². The maximum absolute atomic E-state index is 5.49. The summed E-state index contributed by atoms with van der Waals surface area (Å²) in [6, 6.07) is 17.7. The second-order valence-corrected chi connectivity index (χ2v) is 5.24. The fourth-order valence-corrected chi connectivity index (χ4v) is 2.67. The molecule has 0 aliphatic carbocycles. The summed E-state index contributed by atoms with van der Waals surface area (Å²) >= 11 is 0. The molecule has 0 N–H and O–H groups in total. The third-order valence-corrected chi connectivity index (χ3v) is 3.80. The minimum absolute atomic E-state index is 0.586. The molecule has 4 aromatic rings. The molecule has 0 saturated heterocycles. The standard InChI is InChI=1S/C18H15N3O2/c1-22-18-9-5-2-6-14(18)16-10-13(23-20-16)11-21-12-19-15-7-3-4-8-17(15)21/h2-10,12H,11H2,1H3. The van der Waals surface area contributed by atoms with Crippen LogP contribution in [0.15, 0.2) is 65.4 Å². The normalized spacial score (nSPS) is 11.0. The van der Waals surface area contributed by atoms with E-state index in [1.54, 1.807) is 7.11 Å². The van der Waals surface area contributed by atoms with Gasteiger partial charge in [-0.3, -0.25) is 0 Å². The number of hydrogen-bond acceptors (Lipinski definition) is 4. The Morgan fingerprint density at radius 2 is 1.91 bits per heavy atom. The maximum Gasteiger partial charge on any atom is 0.157 e. The van der Waals surface area contributed by atoms with Gasteiger partial charge >= 0.3 is 0 Å². The molecule has 0 aliphatic heterocycles. The van der Waals surface area contributed by atoms with Gasteiger partial charge in [-0.2, -0.15) is 0 Å². The molecule has 2 aromatic carbocycles. The number of para-hydroxylation sites is 3. The van der Waals surface area contributed by atoms with Crippen molar-refractivity contribution < 1.29 is 9.26 Å². The van der Waals surface area contributed by atoms with E-state index >= 15 is 0 Å². The van der Waals surface area contributed by atoms with Crippen LogP contribution >= 0.6 is 0 Å². The van der Waals surface area contributed by atoms with Crippen molar-refractivity contribution >= 4 is 11.0 Å². The number of benzene rings is 2. The van der Waals surface area contributed by atoms with Crippen LogP contribution in [-0.4, -0.2) is 21.8 Å². The van der Waals surface area contributed by atoms with E-state index in [1.807, 2.05) is 65.5 Å². The molecule has 0 bridgehead atoms. The van der Waals surface area contributed by atoms with Crippen molar-refractivity contribution in [2.45, 2.75) is 6.54 Å². The molecule has 0 fully saturated rings. The van der Waals surface area contributed by atoms with Crippen LogP contribution in [0.1, 0.15) is 5.76 Å². The molecule has 0 unspecified atom stereocenters. The topological polar surface area (TPSA) is 53.1 Å². The van der Waals surface area contributed by atoms with E-state index in [1.165, 1.54) is 0 Å². The number of nitrogens with zero attached hydrogens (tertiary/aromatic N) is 3. The lowest BCUT2D eigenvalue weighted by molar-refractivity contribution is 0.378. The van der Waals surface area contributed by atoms with Gasteiger partial charge in [0.15, 0.2) is 5.76 Å². The second kappa shape index (κ2) is 5.61. The Hall–Kier alpha value is -3.08. The van der Waals surface area contributed by atoms with Crippen molar-refractivity contribution in [3.05, 3.63) is 66.7 Å². The van der Waals surface area contributed by atoms with Crippen LogP contribution in [0.25, 0.3) is 22.3 Å². The van der Waals surface area contributed by atoms with Crippen LogP contribution < -0.4 is 4.74 Å². The van der Waals surface area contributed by atoms with Gasteiger partial charge in [-0.1, -0.05) is 29.4 Å². The lowest BCUT2D eigenvalue weighted by atomic mass is 10.1. The van der Waals surface area contributed by atoms with E-state index in [0.717, 1.165) is 33.8 Å². The van der Waals surface area contributed by atoms with E-state index < -0.39 is 0 Å². The molecule has 114 valence electrons. The van der Waals surface area contributed by atoms with Crippen molar-refractivity contribution in [2.24, 2.45) is 0 Å². The zero-order chi connectivity index (χ0) is 15.6. The number of rotatable bonds is 4. The molecule has 0 amide bonds. The van der Waals surface area contributed by atoms with Crippen LogP contribution in [0.2, 0.25) is 0 Å². The van der Waals surface area contributed by atoms with Gasteiger partial charge in [-0.25, -0.2) is 4.98 Å². The van der Waals surface area contributed by atoms with E-state index in [-0.39, 0.29) is 0 Å². The highest BCUT2D eigenvalue weighted by molar-refractivity contribution is 5.75. The molecular formula is C18H15N3O2. The molecule has 5 nitrogen and oxygen atoms in total. The highest BCUT2D eigenvalue weighted by Crippen LogP contribution is 2.29. The highest BCUT2D eigenvalue weighted by Gasteiger charge is 2.12. The van der Waals surface area contributed by atoms with Crippen LogP contribution in [0.3, 0.4) is 0 Å². The number of imidazole rings is 1. The number of hydrogen-bond donors (Lipinski definition) is 0. The Labute approximate surface area is 133 Å². The summed E-state index contributed by atoms with van der Waals surface area (Å²) in [6.07, 6.45) is 1.82. The number of fused-ring (bicyclic) bond motifs is 1. The summed E-state index contributed by atoms with van der Waals surface area (Å²) in [4.78, 5) is 4.39.